The maximum Gasteiger partial charge on any atom is 0.257 e. The zero-order valence-corrected chi connectivity index (χ0v) is 10.2. The van der Waals surface area contributed by atoms with Crippen molar-refractivity contribution in [3.05, 3.63) is 12.3 Å². The average molecular weight is 256 g/mol. The molecule has 0 amide bonds. The van der Waals surface area contributed by atoms with Crippen molar-refractivity contribution in [1.82, 2.24) is 20.2 Å². The van der Waals surface area contributed by atoms with Gasteiger partial charge >= 0.3 is 0 Å². The number of rotatable bonds is 3. The van der Waals surface area contributed by atoms with Crippen LogP contribution in [0.25, 0.3) is 0 Å². The number of aromatic amines is 1. The van der Waals surface area contributed by atoms with Crippen molar-refractivity contribution in [2.24, 2.45) is 0 Å². The highest BCUT2D eigenvalue weighted by Gasteiger charge is 2.35. The Balaban J connectivity index is 1.71. The molecule has 3 N–H and O–H groups in total. The van der Waals surface area contributed by atoms with E-state index in [1.54, 1.807) is 0 Å². The van der Waals surface area contributed by atoms with Gasteiger partial charge in [0.2, 0.25) is 0 Å². The zero-order valence-electron chi connectivity index (χ0n) is 9.39. The van der Waals surface area contributed by atoms with Crippen molar-refractivity contribution in [1.29, 1.82) is 0 Å². The number of H-pyrrole nitrogens is 1. The second-order valence-corrected chi connectivity index (χ2v) is 6.53. The third kappa shape index (κ3) is 2.22. The first-order valence-electron chi connectivity index (χ1n) is 5.91. The van der Waals surface area contributed by atoms with E-state index in [1.807, 2.05) is 0 Å². The Morgan fingerprint density at radius 1 is 1.29 bits per heavy atom. The first kappa shape index (κ1) is 11.2. The molecule has 2 aliphatic rings. The maximum absolute atomic E-state index is 12.0. The number of sulfonamides is 1. The van der Waals surface area contributed by atoms with Gasteiger partial charge in [0.1, 0.15) is 0 Å². The molecule has 1 aromatic rings. The molecule has 3 heterocycles. The molecule has 2 bridgehead atoms. The maximum atomic E-state index is 12.0. The van der Waals surface area contributed by atoms with Crippen molar-refractivity contribution < 1.29 is 8.42 Å². The summed E-state index contributed by atoms with van der Waals surface area (Å²) < 4.78 is 26.7. The van der Waals surface area contributed by atoms with Gasteiger partial charge in [-0.25, -0.2) is 13.1 Å². The van der Waals surface area contributed by atoms with Gasteiger partial charge in [0.25, 0.3) is 10.0 Å². The summed E-state index contributed by atoms with van der Waals surface area (Å²) in [6.45, 7) is 0. The Kier molecular flexibility index (Phi) is 2.68. The third-order valence-corrected chi connectivity index (χ3v) is 5.01. The summed E-state index contributed by atoms with van der Waals surface area (Å²) in [6.07, 6.45) is 5.52. The molecule has 2 fully saturated rings. The van der Waals surface area contributed by atoms with E-state index in [-0.39, 0.29) is 11.1 Å². The van der Waals surface area contributed by atoms with Crippen LogP contribution in [0, 0.1) is 0 Å². The highest BCUT2D eigenvalue weighted by atomic mass is 32.2. The predicted octanol–water partition coefficient (Wildman–Crippen LogP) is -0.0290. The second kappa shape index (κ2) is 4.08. The van der Waals surface area contributed by atoms with Crippen LogP contribution < -0.4 is 10.0 Å². The summed E-state index contributed by atoms with van der Waals surface area (Å²) in [4.78, 5) is 0. The fraction of sp³-hybridized carbons (Fsp3) is 0.700. The predicted molar refractivity (Wildman–Crippen MR) is 61.9 cm³/mol. The molecule has 2 atom stereocenters. The normalized spacial score (nSPS) is 32.8. The molecule has 0 aliphatic carbocycles. The van der Waals surface area contributed by atoms with Crippen LogP contribution in [0.3, 0.4) is 0 Å². The molecule has 1 aromatic heterocycles. The van der Waals surface area contributed by atoms with E-state index in [4.69, 9.17) is 0 Å². The molecule has 0 aromatic carbocycles. The van der Waals surface area contributed by atoms with Crippen molar-refractivity contribution in [3.63, 3.8) is 0 Å². The summed E-state index contributed by atoms with van der Waals surface area (Å²) in [5.41, 5.74) is 0. The lowest BCUT2D eigenvalue weighted by Crippen LogP contribution is -2.47. The zero-order chi connectivity index (χ0) is 11.9. The number of piperidine rings is 1. The van der Waals surface area contributed by atoms with E-state index >= 15 is 0 Å². The van der Waals surface area contributed by atoms with E-state index in [1.165, 1.54) is 12.3 Å². The standard InChI is InChI=1S/C10H16N4O2S/c15-17(16,10-3-4-11-13-10)14-9-5-7-1-2-8(6-9)12-7/h3-4,7-9,12,14H,1-2,5-6H2,(H,11,13). The van der Waals surface area contributed by atoms with Gasteiger partial charge in [0.05, 0.1) is 6.20 Å². The van der Waals surface area contributed by atoms with E-state index < -0.39 is 10.0 Å². The van der Waals surface area contributed by atoms with Crippen LogP contribution in [-0.2, 0) is 10.0 Å². The number of hydrogen-bond donors (Lipinski definition) is 3. The van der Waals surface area contributed by atoms with E-state index in [9.17, 15) is 8.42 Å². The lowest BCUT2D eigenvalue weighted by Gasteiger charge is -2.29. The quantitative estimate of drug-likeness (QED) is 0.709. The smallest absolute Gasteiger partial charge is 0.257 e. The van der Waals surface area contributed by atoms with Gasteiger partial charge in [-0.05, 0) is 31.7 Å². The largest absolute Gasteiger partial charge is 0.311 e. The van der Waals surface area contributed by atoms with Gasteiger partial charge in [-0.15, -0.1) is 0 Å². The lowest BCUT2D eigenvalue weighted by molar-refractivity contribution is 0.345. The molecule has 2 saturated heterocycles. The van der Waals surface area contributed by atoms with Crippen LogP contribution in [-0.4, -0.2) is 36.7 Å². The molecular formula is C10H16N4O2S. The van der Waals surface area contributed by atoms with E-state index in [0.29, 0.717) is 12.1 Å². The van der Waals surface area contributed by atoms with Crippen LogP contribution in [0.1, 0.15) is 25.7 Å². The van der Waals surface area contributed by atoms with Crippen LogP contribution in [0.5, 0.6) is 0 Å². The Labute approximate surface area is 100 Å². The first-order chi connectivity index (χ1) is 8.13. The monoisotopic (exact) mass is 256 g/mol. The van der Waals surface area contributed by atoms with Gasteiger partial charge in [-0.2, -0.15) is 5.10 Å². The van der Waals surface area contributed by atoms with Crippen molar-refractivity contribution >= 4 is 10.0 Å². The molecule has 6 nitrogen and oxygen atoms in total. The van der Waals surface area contributed by atoms with Gasteiger partial charge in [0, 0.05) is 18.1 Å². The Hall–Kier alpha value is -0.920. The Morgan fingerprint density at radius 3 is 2.59 bits per heavy atom. The molecule has 2 unspecified atom stereocenters. The second-order valence-electron chi connectivity index (χ2n) is 4.85. The number of aromatic nitrogens is 2. The fourth-order valence-corrected chi connectivity index (χ4v) is 4.00. The van der Waals surface area contributed by atoms with Gasteiger partial charge < -0.3 is 5.32 Å². The minimum absolute atomic E-state index is 0.0436. The van der Waals surface area contributed by atoms with E-state index in [0.717, 1.165) is 25.7 Å². The number of fused-ring (bicyclic) bond motifs is 2. The van der Waals surface area contributed by atoms with Crippen molar-refractivity contribution in [2.75, 3.05) is 0 Å². The molecule has 0 saturated carbocycles. The van der Waals surface area contributed by atoms with Gasteiger partial charge in [-0.3, -0.25) is 5.10 Å². The summed E-state index contributed by atoms with van der Waals surface area (Å²) >= 11 is 0. The van der Waals surface area contributed by atoms with Crippen LogP contribution in [0.2, 0.25) is 0 Å². The minimum Gasteiger partial charge on any atom is -0.311 e. The third-order valence-electron chi connectivity index (χ3n) is 3.56. The molecule has 3 rings (SSSR count). The molecule has 2 aliphatic heterocycles. The number of nitrogens with one attached hydrogen (secondary N) is 3. The van der Waals surface area contributed by atoms with Crippen LogP contribution >= 0.6 is 0 Å². The summed E-state index contributed by atoms with van der Waals surface area (Å²) in [7, 11) is -3.43. The summed E-state index contributed by atoms with van der Waals surface area (Å²) in [5, 5.41) is 9.78. The SMILES string of the molecule is O=S(=O)(NC1CC2CCC(C1)N2)c1ccn[nH]1. The molecular weight excluding hydrogens is 240 g/mol. The Morgan fingerprint density at radius 2 is 2.00 bits per heavy atom. The molecule has 0 spiro atoms. The van der Waals surface area contributed by atoms with Crippen molar-refractivity contribution in [3.8, 4) is 0 Å². The molecule has 0 radical (unpaired) electrons. The molecule has 17 heavy (non-hydrogen) atoms. The first-order valence-corrected chi connectivity index (χ1v) is 7.39. The van der Waals surface area contributed by atoms with Gasteiger partial charge in [0.15, 0.2) is 5.03 Å². The van der Waals surface area contributed by atoms with E-state index in [2.05, 4.69) is 20.2 Å². The highest BCUT2D eigenvalue weighted by Crippen LogP contribution is 2.27. The topological polar surface area (TPSA) is 86.9 Å². The number of hydrogen-bond acceptors (Lipinski definition) is 4. The lowest BCUT2D eigenvalue weighted by atomic mass is 10.0. The fourth-order valence-electron chi connectivity index (χ4n) is 2.83. The van der Waals surface area contributed by atoms with Crippen LogP contribution in [0.15, 0.2) is 17.3 Å². The van der Waals surface area contributed by atoms with Crippen molar-refractivity contribution in [2.45, 2.75) is 48.8 Å². The summed E-state index contributed by atoms with van der Waals surface area (Å²) in [6, 6.07) is 2.46. The number of nitrogens with zero attached hydrogens (tertiary/aromatic N) is 1. The highest BCUT2D eigenvalue weighted by molar-refractivity contribution is 7.89. The minimum atomic E-state index is -3.43. The van der Waals surface area contributed by atoms with Gasteiger partial charge in [-0.1, -0.05) is 0 Å². The average Bonchev–Trinajstić information content (AvgIpc) is 2.88. The molecule has 94 valence electrons. The molecule has 7 heteroatoms. The van der Waals surface area contributed by atoms with Crippen LogP contribution in [0.4, 0.5) is 0 Å². The summed E-state index contributed by atoms with van der Waals surface area (Å²) in [5.74, 6) is 0. The Bertz CT molecular complexity index is 472.